The number of benzene rings is 1. The average molecular weight is 245 g/mol. The van der Waals surface area contributed by atoms with Gasteiger partial charge < -0.3 is 4.42 Å². The molecule has 4 nitrogen and oxygen atoms in total. The topological polar surface area (TPSA) is 62.7 Å². The van der Waals surface area contributed by atoms with E-state index in [1.165, 1.54) is 11.8 Å². The zero-order valence-electron chi connectivity index (χ0n) is 9.17. The first-order valence-electron chi connectivity index (χ1n) is 5.29. The van der Waals surface area contributed by atoms with Crippen LogP contribution in [0.5, 0.6) is 0 Å². The second-order valence-corrected chi connectivity index (χ2v) is 4.40. The minimum Gasteiger partial charge on any atom is -0.411 e. The van der Waals surface area contributed by atoms with E-state index in [0.29, 0.717) is 17.5 Å². The quantitative estimate of drug-likeness (QED) is 0.598. The van der Waals surface area contributed by atoms with Gasteiger partial charge in [-0.15, -0.1) is 10.2 Å². The second kappa shape index (κ2) is 6.06. The Labute approximate surface area is 104 Å². The Bertz CT molecular complexity index is 504. The van der Waals surface area contributed by atoms with Crippen molar-refractivity contribution in [3.8, 4) is 17.5 Å². The fourth-order valence-electron chi connectivity index (χ4n) is 1.28. The molecule has 2 aromatic rings. The van der Waals surface area contributed by atoms with Gasteiger partial charge in [0, 0.05) is 17.7 Å². The number of hydrogen-bond acceptors (Lipinski definition) is 5. The van der Waals surface area contributed by atoms with Gasteiger partial charge in [0.2, 0.25) is 5.89 Å². The molecule has 0 spiro atoms. The van der Waals surface area contributed by atoms with Crippen LogP contribution in [0, 0.1) is 11.3 Å². The third kappa shape index (κ3) is 3.33. The Hall–Kier alpha value is -1.80. The summed E-state index contributed by atoms with van der Waals surface area (Å²) in [6, 6.07) is 11.8. The van der Waals surface area contributed by atoms with Crippen molar-refractivity contribution in [2.24, 2.45) is 0 Å². The molecule has 0 amide bonds. The molecule has 1 aromatic carbocycles. The molecule has 0 unspecified atom stereocenters. The molecule has 0 radical (unpaired) electrons. The first-order valence-corrected chi connectivity index (χ1v) is 6.27. The highest BCUT2D eigenvalue weighted by molar-refractivity contribution is 7.99. The standard InChI is InChI=1S/C12H11N3OS/c13-8-4-5-9-17-12-15-14-11(16-12)10-6-2-1-3-7-10/h1-3,6-7H,4-5,9H2. The lowest BCUT2D eigenvalue weighted by Gasteiger charge is -1.93. The van der Waals surface area contributed by atoms with E-state index in [1.54, 1.807) is 0 Å². The molecule has 1 heterocycles. The van der Waals surface area contributed by atoms with E-state index < -0.39 is 0 Å². The molecular weight excluding hydrogens is 234 g/mol. The molecular formula is C12H11N3OS. The Balaban J connectivity index is 1.95. The zero-order chi connectivity index (χ0) is 11.9. The summed E-state index contributed by atoms with van der Waals surface area (Å²) in [7, 11) is 0. The lowest BCUT2D eigenvalue weighted by atomic mass is 10.2. The predicted molar refractivity (Wildman–Crippen MR) is 65.3 cm³/mol. The fourth-order valence-corrected chi connectivity index (χ4v) is 1.98. The maximum Gasteiger partial charge on any atom is 0.276 e. The van der Waals surface area contributed by atoms with Crippen LogP contribution in [0.1, 0.15) is 12.8 Å². The summed E-state index contributed by atoms with van der Waals surface area (Å²) in [6.07, 6.45) is 1.40. The second-order valence-electron chi connectivity index (χ2n) is 3.35. The summed E-state index contributed by atoms with van der Waals surface area (Å²) in [5.41, 5.74) is 0.920. The number of nitrogens with zero attached hydrogens (tertiary/aromatic N) is 3. The van der Waals surface area contributed by atoms with E-state index in [2.05, 4.69) is 16.3 Å². The molecule has 5 heteroatoms. The van der Waals surface area contributed by atoms with Gasteiger partial charge in [-0.25, -0.2) is 0 Å². The van der Waals surface area contributed by atoms with Gasteiger partial charge in [-0.05, 0) is 18.6 Å². The lowest BCUT2D eigenvalue weighted by molar-refractivity contribution is 0.466. The summed E-state index contributed by atoms with van der Waals surface area (Å²) in [6.45, 7) is 0. The van der Waals surface area contributed by atoms with E-state index in [-0.39, 0.29) is 0 Å². The number of nitriles is 1. The van der Waals surface area contributed by atoms with Crippen molar-refractivity contribution in [1.82, 2.24) is 10.2 Å². The molecule has 0 aliphatic carbocycles. The van der Waals surface area contributed by atoms with Gasteiger partial charge >= 0.3 is 0 Å². The van der Waals surface area contributed by atoms with Crippen LogP contribution in [0.2, 0.25) is 0 Å². The van der Waals surface area contributed by atoms with Crippen LogP contribution in [0.25, 0.3) is 11.5 Å². The smallest absolute Gasteiger partial charge is 0.276 e. The maximum atomic E-state index is 8.41. The number of rotatable bonds is 5. The summed E-state index contributed by atoms with van der Waals surface area (Å²) < 4.78 is 5.51. The molecule has 2 rings (SSSR count). The molecule has 0 bridgehead atoms. The minimum absolute atomic E-state index is 0.536. The summed E-state index contributed by atoms with van der Waals surface area (Å²) in [5.74, 6) is 1.36. The third-order valence-corrected chi connectivity index (χ3v) is 2.99. The lowest BCUT2D eigenvalue weighted by Crippen LogP contribution is -1.78. The van der Waals surface area contributed by atoms with Crippen LogP contribution in [0.15, 0.2) is 40.0 Å². The van der Waals surface area contributed by atoms with Crippen molar-refractivity contribution < 1.29 is 4.42 Å². The van der Waals surface area contributed by atoms with E-state index in [4.69, 9.17) is 9.68 Å². The molecule has 86 valence electrons. The van der Waals surface area contributed by atoms with Crippen molar-refractivity contribution in [3.63, 3.8) is 0 Å². The molecule has 0 aliphatic heterocycles. The molecule has 0 saturated carbocycles. The molecule has 0 fully saturated rings. The molecule has 0 atom stereocenters. The Morgan fingerprint density at radius 1 is 1.24 bits per heavy atom. The summed E-state index contributed by atoms with van der Waals surface area (Å²) >= 11 is 1.48. The highest BCUT2D eigenvalue weighted by Crippen LogP contribution is 2.23. The van der Waals surface area contributed by atoms with Crippen molar-refractivity contribution in [2.45, 2.75) is 18.1 Å². The van der Waals surface area contributed by atoms with Crippen LogP contribution in [-0.2, 0) is 0 Å². The number of hydrogen-bond donors (Lipinski definition) is 0. The van der Waals surface area contributed by atoms with E-state index in [0.717, 1.165) is 17.7 Å². The van der Waals surface area contributed by atoms with Crippen LogP contribution < -0.4 is 0 Å². The van der Waals surface area contributed by atoms with Gasteiger partial charge in [-0.2, -0.15) is 5.26 Å². The minimum atomic E-state index is 0.536. The SMILES string of the molecule is N#CCCCSc1nnc(-c2ccccc2)o1. The fraction of sp³-hybridized carbons (Fsp3) is 0.250. The monoisotopic (exact) mass is 245 g/mol. The van der Waals surface area contributed by atoms with Crippen LogP contribution in [0.4, 0.5) is 0 Å². The van der Waals surface area contributed by atoms with Gasteiger partial charge in [0.25, 0.3) is 5.22 Å². The normalized spacial score (nSPS) is 10.1. The van der Waals surface area contributed by atoms with Crippen molar-refractivity contribution in [1.29, 1.82) is 5.26 Å². The number of aromatic nitrogens is 2. The molecule has 1 aromatic heterocycles. The maximum absolute atomic E-state index is 8.41. The summed E-state index contributed by atoms with van der Waals surface area (Å²) in [4.78, 5) is 0. The average Bonchev–Trinajstić information content (AvgIpc) is 2.85. The van der Waals surface area contributed by atoms with Crippen molar-refractivity contribution in [2.75, 3.05) is 5.75 Å². The van der Waals surface area contributed by atoms with Gasteiger partial charge in [-0.3, -0.25) is 0 Å². The van der Waals surface area contributed by atoms with Crippen LogP contribution in [-0.4, -0.2) is 16.0 Å². The number of thioether (sulfide) groups is 1. The highest BCUT2D eigenvalue weighted by atomic mass is 32.2. The van der Waals surface area contributed by atoms with E-state index in [1.807, 2.05) is 30.3 Å². The predicted octanol–water partition coefficient (Wildman–Crippen LogP) is 3.13. The molecule has 0 saturated heterocycles. The third-order valence-electron chi connectivity index (χ3n) is 2.09. The van der Waals surface area contributed by atoms with E-state index >= 15 is 0 Å². The largest absolute Gasteiger partial charge is 0.411 e. The van der Waals surface area contributed by atoms with Crippen LogP contribution in [0.3, 0.4) is 0 Å². The molecule has 17 heavy (non-hydrogen) atoms. The van der Waals surface area contributed by atoms with Crippen LogP contribution >= 0.6 is 11.8 Å². The summed E-state index contributed by atoms with van der Waals surface area (Å²) in [5, 5.41) is 16.9. The first kappa shape index (κ1) is 11.7. The molecule has 0 N–H and O–H groups in total. The van der Waals surface area contributed by atoms with E-state index in [9.17, 15) is 0 Å². The van der Waals surface area contributed by atoms with Gasteiger partial charge in [0.15, 0.2) is 0 Å². The molecule has 0 aliphatic rings. The number of unbranched alkanes of at least 4 members (excludes halogenated alkanes) is 1. The Morgan fingerprint density at radius 2 is 2.06 bits per heavy atom. The Kier molecular flexibility index (Phi) is 4.17. The van der Waals surface area contributed by atoms with Crippen molar-refractivity contribution in [3.05, 3.63) is 30.3 Å². The first-order chi connectivity index (χ1) is 8.40. The Morgan fingerprint density at radius 3 is 2.82 bits per heavy atom. The highest BCUT2D eigenvalue weighted by Gasteiger charge is 2.07. The van der Waals surface area contributed by atoms with Gasteiger partial charge in [-0.1, -0.05) is 30.0 Å². The van der Waals surface area contributed by atoms with Gasteiger partial charge in [0.1, 0.15) is 0 Å². The zero-order valence-corrected chi connectivity index (χ0v) is 9.98. The van der Waals surface area contributed by atoms with Crippen molar-refractivity contribution >= 4 is 11.8 Å². The van der Waals surface area contributed by atoms with Gasteiger partial charge in [0.05, 0.1) is 6.07 Å².